The average Bonchev–Trinajstić information content (AvgIpc) is 2.93. The van der Waals surface area contributed by atoms with E-state index in [4.69, 9.17) is 0 Å². The highest BCUT2D eigenvalue weighted by Gasteiger charge is 2.40. The first-order valence-corrected chi connectivity index (χ1v) is 8.66. The fourth-order valence-corrected chi connectivity index (χ4v) is 3.38. The molecule has 1 fully saturated rings. The summed E-state index contributed by atoms with van der Waals surface area (Å²) in [6.45, 7) is 2.39. The number of piperazine rings is 1. The SMILES string of the molecule is CN1C(=O)C(c2ccc(F)cc2)=C(N2CCN(c3ncccn3)CC2)C1=O. The number of amides is 2. The number of aromatic nitrogens is 2. The van der Waals surface area contributed by atoms with Crippen molar-refractivity contribution in [3.63, 3.8) is 0 Å². The molecule has 0 atom stereocenters. The van der Waals surface area contributed by atoms with E-state index in [0.29, 0.717) is 49.0 Å². The summed E-state index contributed by atoms with van der Waals surface area (Å²) < 4.78 is 13.3. The van der Waals surface area contributed by atoms with E-state index in [1.807, 2.05) is 9.80 Å². The molecule has 2 aliphatic rings. The zero-order chi connectivity index (χ0) is 19.0. The van der Waals surface area contributed by atoms with Crippen molar-refractivity contribution in [3.05, 3.63) is 59.8 Å². The molecule has 4 rings (SSSR count). The summed E-state index contributed by atoms with van der Waals surface area (Å²) in [6.07, 6.45) is 3.38. The lowest BCUT2D eigenvalue weighted by atomic mass is 10.0. The molecule has 8 heteroatoms. The highest BCUT2D eigenvalue weighted by atomic mass is 19.1. The van der Waals surface area contributed by atoms with Gasteiger partial charge in [-0.25, -0.2) is 14.4 Å². The van der Waals surface area contributed by atoms with Crippen molar-refractivity contribution in [1.82, 2.24) is 19.8 Å². The smallest absolute Gasteiger partial charge is 0.277 e. The molecule has 0 radical (unpaired) electrons. The standard InChI is InChI=1S/C19H18FN5O2/c1-23-17(26)15(13-3-5-14(20)6-4-13)16(18(23)27)24-9-11-25(12-10-24)19-21-7-2-8-22-19/h2-8H,9-12H2,1H3. The van der Waals surface area contributed by atoms with Gasteiger partial charge in [0.1, 0.15) is 11.5 Å². The van der Waals surface area contributed by atoms with Crippen LogP contribution in [0, 0.1) is 5.82 Å². The zero-order valence-electron chi connectivity index (χ0n) is 14.8. The number of carbonyl (C=O) groups is 2. The number of hydrogen-bond donors (Lipinski definition) is 0. The second-order valence-electron chi connectivity index (χ2n) is 6.42. The van der Waals surface area contributed by atoms with Crippen LogP contribution in [0.25, 0.3) is 5.57 Å². The van der Waals surface area contributed by atoms with Gasteiger partial charge in [0, 0.05) is 45.6 Å². The summed E-state index contributed by atoms with van der Waals surface area (Å²) in [7, 11) is 1.47. The van der Waals surface area contributed by atoms with Crippen LogP contribution in [0.1, 0.15) is 5.56 Å². The number of carbonyl (C=O) groups excluding carboxylic acids is 2. The van der Waals surface area contributed by atoms with E-state index < -0.39 is 0 Å². The highest BCUT2D eigenvalue weighted by Crippen LogP contribution is 2.31. The number of nitrogens with zero attached hydrogens (tertiary/aromatic N) is 5. The van der Waals surface area contributed by atoms with Gasteiger partial charge in [-0.05, 0) is 23.8 Å². The topological polar surface area (TPSA) is 69.6 Å². The molecule has 0 unspecified atom stereocenters. The van der Waals surface area contributed by atoms with Crippen molar-refractivity contribution in [1.29, 1.82) is 0 Å². The van der Waals surface area contributed by atoms with Crippen LogP contribution in [0.4, 0.5) is 10.3 Å². The number of rotatable bonds is 3. The minimum atomic E-state index is -0.387. The van der Waals surface area contributed by atoms with Crippen LogP contribution in [-0.2, 0) is 9.59 Å². The van der Waals surface area contributed by atoms with Crippen LogP contribution in [0.15, 0.2) is 48.4 Å². The number of benzene rings is 1. The number of likely N-dealkylation sites (N-methyl/N-ethyl adjacent to an activating group) is 1. The van der Waals surface area contributed by atoms with Crippen molar-refractivity contribution in [2.75, 3.05) is 38.1 Å². The van der Waals surface area contributed by atoms with E-state index in [2.05, 4.69) is 9.97 Å². The molecule has 0 bridgehead atoms. The molecule has 2 amide bonds. The molecule has 0 N–H and O–H groups in total. The van der Waals surface area contributed by atoms with Crippen LogP contribution >= 0.6 is 0 Å². The molecule has 138 valence electrons. The first kappa shape index (κ1) is 17.1. The molecule has 1 saturated heterocycles. The van der Waals surface area contributed by atoms with Crippen LogP contribution in [0.3, 0.4) is 0 Å². The van der Waals surface area contributed by atoms with Crippen molar-refractivity contribution in [2.45, 2.75) is 0 Å². The van der Waals surface area contributed by atoms with Crippen molar-refractivity contribution in [3.8, 4) is 0 Å². The third kappa shape index (κ3) is 3.03. The number of imide groups is 1. The fourth-order valence-electron chi connectivity index (χ4n) is 3.38. The second-order valence-corrected chi connectivity index (χ2v) is 6.42. The minimum Gasteiger partial charge on any atom is -0.363 e. The van der Waals surface area contributed by atoms with E-state index in [-0.39, 0.29) is 17.6 Å². The molecular formula is C19H18FN5O2. The molecular weight excluding hydrogens is 349 g/mol. The van der Waals surface area contributed by atoms with Gasteiger partial charge in [-0.1, -0.05) is 12.1 Å². The van der Waals surface area contributed by atoms with Gasteiger partial charge < -0.3 is 9.80 Å². The highest BCUT2D eigenvalue weighted by molar-refractivity contribution is 6.35. The summed E-state index contributed by atoms with van der Waals surface area (Å²) >= 11 is 0. The molecule has 0 spiro atoms. The molecule has 27 heavy (non-hydrogen) atoms. The maximum absolute atomic E-state index is 13.3. The first-order valence-electron chi connectivity index (χ1n) is 8.66. The lowest BCUT2D eigenvalue weighted by Gasteiger charge is -2.36. The van der Waals surface area contributed by atoms with Crippen molar-refractivity contribution >= 4 is 23.3 Å². The quantitative estimate of drug-likeness (QED) is 0.758. The predicted octanol–water partition coefficient (Wildman–Crippen LogP) is 1.15. The van der Waals surface area contributed by atoms with E-state index in [1.165, 1.54) is 31.3 Å². The van der Waals surface area contributed by atoms with Gasteiger partial charge in [0.2, 0.25) is 5.95 Å². The molecule has 2 aliphatic heterocycles. The molecule has 1 aromatic heterocycles. The number of halogens is 1. The molecule has 7 nitrogen and oxygen atoms in total. The summed E-state index contributed by atoms with van der Waals surface area (Å²) in [6, 6.07) is 7.41. The van der Waals surface area contributed by atoms with Gasteiger partial charge in [0.25, 0.3) is 11.8 Å². The molecule has 0 aliphatic carbocycles. The summed E-state index contributed by atoms with van der Waals surface area (Å²) in [5, 5.41) is 0. The lowest BCUT2D eigenvalue weighted by molar-refractivity contribution is -0.135. The van der Waals surface area contributed by atoms with Crippen LogP contribution in [-0.4, -0.2) is 64.8 Å². The summed E-state index contributed by atoms with van der Waals surface area (Å²) in [4.78, 5) is 38.9. The number of hydrogen-bond acceptors (Lipinski definition) is 6. The maximum Gasteiger partial charge on any atom is 0.277 e. The summed E-state index contributed by atoms with van der Waals surface area (Å²) in [5.41, 5.74) is 1.25. The van der Waals surface area contributed by atoms with Gasteiger partial charge in [0.05, 0.1) is 5.57 Å². The Kier molecular flexibility index (Phi) is 4.31. The maximum atomic E-state index is 13.3. The lowest BCUT2D eigenvalue weighted by Crippen LogP contribution is -2.48. The molecule has 0 saturated carbocycles. The number of anilines is 1. The Morgan fingerprint density at radius 3 is 2.11 bits per heavy atom. The van der Waals surface area contributed by atoms with E-state index >= 15 is 0 Å². The Morgan fingerprint density at radius 2 is 1.48 bits per heavy atom. The largest absolute Gasteiger partial charge is 0.363 e. The van der Waals surface area contributed by atoms with Crippen molar-refractivity contribution < 1.29 is 14.0 Å². The van der Waals surface area contributed by atoms with Gasteiger partial charge in [-0.3, -0.25) is 14.5 Å². The molecule has 3 heterocycles. The van der Waals surface area contributed by atoms with Crippen LogP contribution in [0.2, 0.25) is 0 Å². The van der Waals surface area contributed by atoms with E-state index in [0.717, 1.165) is 4.90 Å². The third-order valence-electron chi connectivity index (χ3n) is 4.83. The molecule has 2 aromatic rings. The average molecular weight is 367 g/mol. The van der Waals surface area contributed by atoms with E-state index in [1.54, 1.807) is 18.5 Å². The van der Waals surface area contributed by atoms with Crippen LogP contribution < -0.4 is 4.90 Å². The van der Waals surface area contributed by atoms with Crippen LogP contribution in [0.5, 0.6) is 0 Å². The predicted molar refractivity (Wildman–Crippen MR) is 96.9 cm³/mol. The normalized spacial score (nSPS) is 17.9. The Morgan fingerprint density at radius 1 is 0.889 bits per heavy atom. The van der Waals surface area contributed by atoms with Crippen molar-refractivity contribution in [2.24, 2.45) is 0 Å². The summed E-state index contributed by atoms with van der Waals surface area (Å²) in [5.74, 6) is -0.433. The minimum absolute atomic E-state index is 0.326. The van der Waals surface area contributed by atoms with Gasteiger partial charge in [0.15, 0.2) is 0 Å². The Balaban J connectivity index is 1.63. The fraction of sp³-hybridized carbons (Fsp3) is 0.263. The van der Waals surface area contributed by atoms with Gasteiger partial charge >= 0.3 is 0 Å². The third-order valence-corrected chi connectivity index (χ3v) is 4.83. The van der Waals surface area contributed by atoms with Gasteiger partial charge in [-0.15, -0.1) is 0 Å². The monoisotopic (exact) mass is 367 g/mol. The zero-order valence-corrected chi connectivity index (χ0v) is 14.8. The Hall–Kier alpha value is -3.29. The Bertz CT molecular complexity index is 905. The van der Waals surface area contributed by atoms with Gasteiger partial charge in [-0.2, -0.15) is 0 Å². The second kappa shape index (κ2) is 6.79. The Labute approximate surface area is 155 Å². The first-order chi connectivity index (χ1) is 13.1. The van der Waals surface area contributed by atoms with E-state index in [9.17, 15) is 14.0 Å². The molecule has 1 aromatic carbocycles.